The number of halogens is 1. The zero-order valence-electron chi connectivity index (χ0n) is 17.0. The fourth-order valence-electron chi connectivity index (χ4n) is 2.31. The molecule has 0 radical (unpaired) electrons. The number of esters is 1. The second kappa shape index (κ2) is 10.5. The lowest BCUT2D eigenvalue weighted by molar-refractivity contribution is -0.153. The number of thiazole rings is 1. The Morgan fingerprint density at radius 2 is 1.97 bits per heavy atom. The highest BCUT2D eigenvalue weighted by Gasteiger charge is 2.26. The molecule has 0 aliphatic heterocycles. The molecule has 1 aromatic heterocycles. The third kappa shape index (κ3) is 6.33. The van der Waals surface area contributed by atoms with Gasteiger partial charge < -0.3 is 9.64 Å². The van der Waals surface area contributed by atoms with Crippen LogP contribution in [0.15, 0.2) is 34.5 Å². The van der Waals surface area contributed by atoms with E-state index in [9.17, 15) is 9.59 Å². The third-order valence-electron chi connectivity index (χ3n) is 4.58. The van der Waals surface area contributed by atoms with Gasteiger partial charge in [-0.2, -0.15) is 0 Å². The second-order valence-corrected chi connectivity index (χ2v) is 8.31. The molecule has 1 heterocycles. The van der Waals surface area contributed by atoms with Gasteiger partial charge >= 0.3 is 5.97 Å². The summed E-state index contributed by atoms with van der Waals surface area (Å²) in [5.74, 6) is -0.174. The van der Waals surface area contributed by atoms with Crippen LogP contribution < -0.4 is 4.90 Å². The maximum Gasteiger partial charge on any atom is 0.311 e. The van der Waals surface area contributed by atoms with E-state index in [-0.39, 0.29) is 11.1 Å². The number of hydrogen-bond acceptors (Lipinski definition) is 8. The summed E-state index contributed by atoms with van der Waals surface area (Å²) in [7, 11) is 0. The Kier molecular flexibility index (Phi) is 8.28. The van der Waals surface area contributed by atoms with Gasteiger partial charge in [0.1, 0.15) is 11.5 Å². The first-order chi connectivity index (χ1) is 13.8. The van der Waals surface area contributed by atoms with Crippen molar-refractivity contribution in [1.29, 1.82) is 0 Å². The highest BCUT2D eigenvalue weighted by molar-refractivity contribution is 7.17. The maximum atomic E-state index is 12.1. The molecule has 0 N–H and O–H groups in total. The molecule has 0 aliphatic rings. The van der Waals surface area contributed by atoms with Crippen LogP contribution in [-0.4, -0.2) is 36.9 Å². The Morgan fingerprint density at radius 3 is 2.52 bits per heavy atom. The lowest BCUT2D eigenvalue weighted by Gasteiger charge is -2.25. The van der Waals surface area contributed by atoms with Gasteiger partial charge in [0.15, 0.2) is 11.4 Å². The number of benzene rings is 1. The molecule has 0 unspecified atom stereocenters. The average Bonchev–Trinajstić information content (AvgIpc) is 3.09. The van der Waals surface area contributed by atoms with Crippen LogP contribution in [0.5, 0.6) is 0 Å². The molecule has 9 heteroatoms. The van der Waals surface area contributed by atoms with E-state index in [1.807, 2.05) is 52.0 Å². The Labute approximate surface area is 179 Å². The predicted molar refractivity (Wildman–Crippen MR) is 116 cm³/mol. The highest BCUT2D eigenvalue weighted by Crippen LogP contribution is 2.29. The van der Waals surface area contributed by atoms with E-state index in [0.29, 0.717) is 35.1 Å². The van der Waals surface area contributed by atoms with Gasteiger partial charge in [-0.25, -0.2) is 4.98 Å². The van der Waals surface area contributed by atoms with E-state index in [2.05, 4.69) is 20.1 Å². The van der Waals surface area contributed by atoms with Crippen LogP contribution in [0, 0.1) is 5.41 Å². The Hall–Kier alpha value is -2.32. The molecular weight excluding hydrogens is 412 g/mol. The highest BCUT2D eigenvalue weighted by atomic mass is 35.5. The van der Waals surface area contributed by atoms with Gasteiger partial charge in [0, 0.05) is 12.2 Å². The van der Waals surface area contributed by atoms with Crippen LogP contribution in [0.2, 0.25) is 5.15 Å². The van der Waals surface area contributed by atoms with Gasteiger partial charge in [-0.05, 0) is 51.5 Å². The third-order valence-corrected chi connectivity index (χ3v) is 5.85. The first kappa shape index (κ1) is 23.0. The van der Waals surface area contributed by atoms with E-state index >= 15 is 0 Å². The van der Waals surface area contributed by atoms with Crippen molar-refractivity contribution in [3.8, 4) is 0 Å². The summed E-state index contributed by atoms with van der Waals surface area (Å²) in [5.41, 5.74) is 1.19. The van der Waals surface area contributed by atoms with Gasteiger partial charge in [-0.15, -0.1) is 10.2 Å². The van der Waals surface area contributed by atoms with Gasteiger partial charge in [0.05, 0.1) is 17.6 Å². The zero-order valence-corrected chi connectivity index (χ0v) is 18.6. The van der Waals surface area contributed by atoms with Crippen LogP contribution in [0.25, 0.3) is 0 Å². The van der Waals surface area contributed by atoms with E-state index in [4.69, 9.17) is 16.3 Å². The Balaban J connectivity index is 1.95. The van der Waals surface area contributed by atoms with Crippen molar-refractivity contribution < 1.29 is 14.3 Å². The summed E-state index contributed by atoms with van der Waals surface area (Å²) in [5, 5.41) is 8.60. The van der Waals surface area contributed by atoms with Crippen molar-refractivity contribution in [2.75, 3.05) is 24.6 Å². The second-order valence-electron chi connectivity index (χ2n) is 6.94. The van der Waals surface area contributed by atoms with Crippen LogP contribution in [-0.2, 0) is 9.53 Å². The van der Waals surface area contributed by atoms with Crippen LogP contribution in [0.4, 0.5) is 16.5 Å². The SMILES string of the molecule is CCN(CCOC(=O)C(C)(C)CC)c1ccc(/N=N/c2nc(Cl)c(C=O)s2)cc1. The van der Waals surface area contributed by atoms with Gasteiger partial charge in [-0.1, -0.05) is 29.9 Å². The molecule has 0 aliphatic carbocycles. The normalized spacial score (nSPS) is 11.6. The number of anilines is 1. The number of hydrogen-bond donors (Lipinski definition) is 0. The molecule has 29 heavy (non-hydrogen) atoms. The lowest BCUT2D eigenvalue weighted by Crippen LogP contribution is -2.31. The molecule has 2 aromatic rings. The fraction of sp³-hybridized carbons (Fsp3) is 0.450. The lowest BCUT2D eigenvalue weighted by atomic mass is 9.91. The van der Waals surface area contributed by atoms with E-state index in [1.165, 1.54) is 0 Å². The average molecular weight is 437 g/mol. The molecule has 7 nitrogen and oxygen atoms in total. The topological polar surface area (TPSA) is 84.2 Å². The van der Waals surface area contributed by atoms with Crippen molar-refractivity contribution in [2.24, 2.45) is 15.6 Å². The van der Waals surface area contributed by atoms with Crippen LogP contribution in [0.3, 0.4) is 0 Å². The molecule has 0 saturated heterocycles. The quantitative estimate of drug-likeness (QED) is 0.265. The van der Waals surface area contributed by atoms with Crippen molar-refractivity contribution in [3.63, 3.8) is 0 Å². The minimum Gasteiger partial charge on any atom is -0.463 e. The number of aromatic nitrogens is 1. The molecule has 0 fully saturated rings. The van der Waals surface area contributed by atoms with Gasteiger partial charge in [-0.3, -0.25) is 9.59 Å². The summed E-state index contributed by atoms with van der Waals surface area (Å²) in [6.45, 7) is 9.52. The van der Waals surface area contributed by atoms with Crippen molar-refractivity contribution >= 4 is 51.7 Å². The minimum atomic E-state index is -0.460. The number of carbonyl (C=O) groups is 2. The molecule has 0 bridgehead atoms. The summed E-state index contributed by atoms with van der Waals surface area (Å²) >= 11 is 6.91. The first-order valence-electron chi connectivity index (χ1n) is 9.36. The number of carbonyl (C=O) groups excluding carboxylic acids is 2. The zero-order chi connectivity index (χ0) is 21.4. The summed E-state index contributed by atoms with van der Waals surface area (Å²) in [4.78, 5) is 29.3. The van der Waals surface area contributed by atoms with Crippen LogP contribution >= 0.6 is 22.9 Å². The first-order valence-corrected chi connectivity index (χ1v) is 10.6. The fourth-order valence-corrected chi connectivity index (χ4v) is 3.19. The molecule has 0 spiro atoms. The monoisotopic (exact) mass is 436 g/mol. The van der Waals surface area contributed by atoms with Crippen molar-refractivity contribution in [1.82, 2.24) is 4.98 Å². The molecule has 0 amide bonds. The van der Waals surface area contributed by atoms with Gasteiger partial charge in [0.2, 0.25) is 5.13 Å². The molecule has 2 rings (SSSR count). The smallest absolute Gasteiger partial charge is 0.311 e. The molecular formula is C20H25ClN4O3S. The molecule has 0 saturated carbocycles. The van der Waals surface area contributed by atoms with E-state index in [0.717, 1.165) is 30.0 Å². The summed E-state index contributed by atoms with van der Waals surface area (Å²) in [6, 6.07) is 7.54. The number of likely N-dealkylation sites (N-methyl/N-ethyl adjacent to an activating group) is 1. The summed E-state index contributed by atoms with van der Waals surface area (Å²) in [6.07, 6.45) is 1.39. The summed E-state index contributed by atoms with van der Waals surface area (Å²) < 4.78 is 5.43. The Morgan fingerprint density at radius 1 is 1.28 bits per heavy atom. The molecule has 1 aromatic carbocycles. The van der Waals surface area contributed by atoms with Gasteiger partial charge in [0.25, 0.3) is 0 Å². The van der Waals surface area contributed by atoms with E-state index < -0.39 is 5.41 Å². The standard InChI is InChI=1S/C20H25ClN4O3S/c1-5-20(3,4)18(27)28-12-11-25(6-2)15-9-7-14(8-10-15)23-24-19-22-17(21)16(13-26)29-19/h7-10,13H,5-6,11-12H2,1-4H3/b24-23+. The number of nitrogens with zero attached hydrogens (tertiary/aromatic N) is 4. The van der Waals surface area contributed by atoms with Crippen molar-refractivity contribution in [2.45, 2.75) is 34.1 Å². The van der Waals surface area contributed by atoms with E-state index in [1.54, 1.807) is 0 Å². The number of azo groups is 1. The maximum absolute atomic E-state index is 12.1. The number of aldehydes is 1. The molecule has 156 valence electrons. The van der Waals surface area contributed by atoms with Crippen molar-refractivity contribution in [3.05, 3.63) is 34.3 Å². The Bertz CT molecular complexity index is 865. The number of ether oxygens (including phenoxy) is 1. The predicted octanol–water partition coefficient (Wildman–Crippen LogP) is 5.83. The largest absolute Gasteiger partial charge is 0.463 e. The van der Waals surface area contributed by atoms with Crippen LogP contribution in [0.1, 0.15) is 43.8 Å². The number of rotatable bonds is 10. The molecule has 0 atom stereocenters. The minimum absolute atomic E-state index is 0.135.